The first-order chi connectivity index (χ1) is 7.76. The van der Waals surface area contributed by atoms with Crippen molar-refractivity contribution in [2.45, 2.75) is 51.7 Å². The Balaban J connectivity index is 2.30. The molecule has 1 N–H and O–H groups in total. The maximum atomic E-state index is 11.5. The average Bonchev–Trinajstić information content (AvgIpc) is 2.46. The van der Waals surface area contributed by atoms with Gasteiger partial charge in [-0.3, -0.25) is 0 Å². The van der Waals surface area contributed by atoms with Gasteiger partial charge in [0.15, 0.2) is 0 Å². The third-order valence-corrected chi connectivity index (χ3v) is 3.48. The van der Waals surface area contributed by atoms with Gasteiger partial charge in [-0.2, -0.15) is 0 Å². The molecule has 1 amide bonds. The monoisotopic (exact) mass is 261 g/mol. The summed E-state index contributed by atoms with van der Waals surface area (Å²) >= 11 is 0. The van der Waals surface area contributed by atoms with Crippen LogP contribution in [-0.4, -0.2) is 23.9 Å². The number of hydrogen-bond donors (Lipinski definition) is 1. The van der Waals surface area contributed by atoms with Gasteiger partial charge in [0.05, 0.1) is 0 Å². The van der Waals surface area contributed by atoms with Crippen LogP contribution in [0.1, 0.15) is 40.0 Å². The normalized spacial score (nSPS) is 25.5. The van der Waals surface area contributed by atoms with Gasteiger partial charge in [-0.25, -0.2) is 4.79 Å². The maximum Gasteiger partial charge on any atom is 0.407 e. The number of nitrogens with one attached hydrogen (secondary N) is 1. The third-order valence-electron chi connectivity index (χ3n) is 2.67. The van der Waals surface area contributed by atoms with Crippen LogP contribution >= 0.6 is 8.03 Å². The molecule has 0 aromatic rings. The zero-order valence-electron chi connectivity index (χ0n) is 10.6. The van der Waals surface area contributed by atoms with Crippen LogP contribution in [0.25, 0.3) is 0 Å². The molecule has 0 spiro atoms. The number of carbonyl (C=O) groups excluding carboxylic acids is 1. The summed E-state index contributed by atoms with van der Waals surface area (Å²) in [7, 11) is -2.32. The van der Waals surface area contributed by atoms with Crippen LogP contribution in [0.2, 0.25) is 0 Å². The first kappa shape index (κ1) is 14.4. The largest absolute Gasteiger partial charge is 0.596 e. The summed E-state index contributed by atoms with van der Waals surface area (Å²) < 4.78 is 15.7. The van der Waals surface area contributed by atoms with E-state index >= 15 is 0 Å². The van der Waals surface area contributed by atoms with E-state index in [4.69, 9.17) is 4.74 Å². The molecule has 1 saturated carbocycles. The lowest BCUT2D eigenvalue weighted by molar-refractivity contribution is -0.164. The summed E-state index contributed by atoms with van der Waals surface area (Å²) in [6.07, 6.45) is 2.20. The van der Waals surface area contributed by atoms with E-state index < -0.39 is 19.7 Å². The Morgan fingerprint density at radius 1 is 1.47 bits per heavy atom. The van der Waals surface area contributed by atoms with E-state index in [9.17, 15) is 14.3 Å². The van der Waals surface area contributed by atoms with Crippen LogP contribution in [-0.2, 0) is 9.30 Å². The van der Waals surface area contributed by atoms with E-state index in [1.165, 1.54) is 0 Å². The lowest BCUT2D eigenvalue weighted by Crippen LogP contribution is -2.38. The molecule has 3 atom stereocenters. The van der Waals surface area contributed by atoms with E-state index in [1.54, 1.807) is 0 Å². The number of ether oxygens (including phenoxy) is 1. The molecule has 0 aromatic heterocycles. The number of amides is 1. The molecule has 1 rings (SSSR count). The second-order valence-corrected chi connectivity index (χ2v) is 6.57. The average molecular weight is 261 g/mol. The maximum absolute atomic E-state index is 11.5. The topological polar surface area (TPSA) is 78.5 Å². The third kappa shape index (κ3) is 5.99. The summed E-state index contributed by atoms with van der Waals surface area (Å²) in [4.78, 5) is 22.1. The van der Waals surface area contributed by atoms with Crippen molar-refractivity contribution < 1.29 is 19.0 Å². The Morgan fingerprint density at radius 2 is 2.12 bits per heavy atom. The molecule has 3 unspecified atom stereocenters. The van der Waals surface area contributed by atoms with Crippen LogP contribution < -0.4 is 10.2 Å². The molecule has 5 nitrogen and oxygen atoms in total. The fourth-order valence-corrected chi connectivity index (χ4v) is 2.81. The Hall–Kier alpha value is -0.670. The van der Waals surface area contributed by atoms with Gasteiger partial charge < -0.3 is 14.9 Å². The highest BCUT2D eigenvalue weighted by Crippen LogP contribution is 2.30. The summed E-state index contributed by atoms with van der Waals surface area (Å²) in [6, 6.07) is 0.0461. The number of hydrogen-bond acceptors (Lipinski definition) is 4. The molecule has 0 aromatic carbocycles. The van der Waals surface area contributed by atoms with Crippen molar-refractivity contribution in [1.82, 2.24) is 5.32 Å². The molecular formula is C11H20NO4P. The minimum absolute atomic E-state index is 0.0461. The second kappa shape index (κ2) is 5.78. The molecule has 1 aliphatic rings. The molecule has 0 radical (unpaired) electrons. The van der Waals surface area contributed by atoms with Crippen LogP contribution in [0.4, 0.5) is 4.79 Å². The number of carbonyl (C=O) groups is 1. The Morgan fingerprint density at radius 3 is 2.65 bits per heavy atom. The first-order valence-electron chi connectivity index (χ1n) is 5.87. The van der Waals surface area contributed by atoms with Crippen molar-refractivity contribution in [2.24, 2.45) is 5.92 Å². The molecule has 1 fully saturated rings. The molecule has 6 heteroatoms. The molecular weight excluding hydrogens is 241 g/mol. The molecule has 0 bridgehead atoms. The highest BCUT2D eigenvalue weighted by molar-refractivity contribution is 7.36. The van der Waals surface area contributed by atoms with Crippen molar-refractivity contribution in [1.29, 1.82) is 0 Å². The lowest BCUT2D eigenvalue weighted by Gasteiger charge is -2.21. The zero-order chi connectivity index (χ0) is 13.1. The van der Waals surface area contributed by atoms with Crippen molar-refractivity contribution in [3.63, 3.8) is 0 Å². The predicted octanol–water partition coefficient (Wildman–Crippen LogP) is 1.78. The van der Waals surface area contributed by atoms with Crippen molar-refractivity contribution >= 4 is 14.1 Å². The van der Waals surface area contributed by atoms with E-state index in [0.29, 0.717) is 0 Å². The molecule has 98 valence electrons. The summed E-state index contributed by atoms with van der Waals surface area (Å²) in [5, 5.41) is 2.78. The Kier molecular flexibility index (Phi) is 4.90. The minimum Gasteiger partial charge on any atom is -0.596 e. The molecule has 1 aliphatic carbocycles. The Labute approximate surface area is 103 Å². The SMILES string of the molecule is CC(C)(C)OC(=O)NC1CCC(C[P+](=O)[O-])C1. The van der Waals surface area contributed by atoms with Gasteiger partial charge in [-0.1, -0.05) is 4.57 Å². The van der Waals surface area contributed by atoms with Crippen LogP contribution in [0, 0.1) is 5.92 Å². The van der Waals surface area contributed by atoms with E-state index in [-0.39, 0.29) is 18.1 Å². The van der Waals surface area contributed by atoms with Gasteiger partial charge in [0.2, 0.25) is 0 Å². The fraction of sp³-hybridized carbons (Fsp3) is 0.909. The summed E-state index contributed by atoms with van der Waals surface area (Å²) in [5.74, 6) is 0.177. The number of rotatable bonds is 3. The minimum atomic E-state index is -2.32. The van der Waals surface area contributed by atoms with E-state index in [1.807, 2.05) is 20.8 Å². The molecule has 0 heterocycles. The van der Waals surface area contributed by atoms with Crippen molar-refractivity contribution in [3.05, 3.63) is 0 Å². The second-order valence-electron chi connectivity index (χ2n) is 5.54. The smallest absolute Gasteiger partial charge is 0.407 e. The molecule has 0 saturated heterocycles. The highest BCUT2D eigenvalue weighted by Gasteiger charge is 2.30. The van der Waals surface area contributed by atoms with Gasteiger partial charge in [0.1, 0.15) is 11.8 Å². The quantitative estimate of drug-likeness (QED) is 0.785. The van der Waals surface area contributed by atoms with Gasteiger partial charge in [-0.05, 0) is 40.0 Å². The van der Waals surface area contributed by atoms with Crippen LogP contribution in [0.15, 0.2) is 0 Å². The van der Waals surface area contributed by atoms with Crippen LogP contribution in [0.5, 0.6) is 0 Å². The van der Waals surface area contributed by atoms with E-state index in [2.05, 4.69) is 5.32 Å². The first-order valence-corrected chi connectivity index (χ1v) is 7.24. The molecule has 17 heavy (non-hydrogen) atoms. The Bertz CT molecular complexity index is 300. The van der Waals surface area contributed by atoms with Gasteiger partial charge in [0.25, 0.3) is 0 Å². The standard InChI is InChI=1S/C11H20NO4P/c1-11(2,3)16-10(13)12-9-5-4-8(6-9)7-17(14)15/h8-9H,4-7H2,1-3H3,(H,12,13). The lowest BCUT2D eigenvalue weighted by atomic mass is 10.1. The summed E-state index contributed by atoms with van der Waals surface area (Å²) in [5.41, 5.74) is -0.500. The van der Waals surface area contributed by atoms with Crippen molar-refractivity contribution in [2.75, 3.05) is 6.16 Å². The summed E-state index contributed by atoms with van der Waals surface area (Å²) in [6.45, 7) is 5.43. The zero-order valence-corrected chi connectivity index (χ0v) is 11.5. The van der Waals surface area contributed by atoms with Crippen LogP contribution in [0.3, 0.4) is 0 Å². The predicted molar refractivity (Wildman–Crippen MR) is 63.0 cm³/mol. The van der Waals surface area contributed by atoms with Gasteiger partial charge >= 0.3 is 14.1 Å². The van der Waals surface area contributed by atoms with Gasteiger partial charge in [0, 0.05) is 12.0 Å². The van der Waals surface area contributed by atoms with Crippen molar-refractivity contribution in [3.8, 4) is 0 Å². The molecule has 0 aliphatic heterocycles. The number of alkyl carbamates (subject to hydrolysis) is 1. The van der Waals surface area contributed by atoms with Gasteiger partial charge in [-0.15, -0.1) is 0 Å². The highest BCUT2D eigenvalue weighted by atomic mass is 31.1. The fourth-order valence-electron chi connectivity index (χ4n) is 2.06. The van der Waals surface area contributed by atoms with E-state index in [0.717, 1.165) is 19.3 Å².